The number of fused-ring (bicyclic) bond motifs is 5. The molecule has 61 heavy (non-hydrogen) atoms. The number of para-hydroxylation sites is 1. The number of hydrogen-bond acceptors (Lipinski definition) is 1. The van der Waals surface area contributed by atoms with Gasteiger partial charge in [-0.1, -0.05) is 177 Å². The first kappa shape index (κ1) is 39.5. The van der Waals surface area contributed by atoms with Gasteiger partial charge in [0.15, 0.2) is 0 Å². The van der Waals surface area contributed by atoms with Gasteiger partial charge in [0.1, 0.15) is 0 Å². The molecule has 0 spiro atoms. The predicted octanol–water partition coefficient (Wildman–Crippen LogP) is 16.2. The van der Waals surface area contributed by atoms with Gasteiger partial charge in [0.2, 0.25) is 0 Å². The number of nitrogens with zero attached hydrogens (tertiary/aromatic N) is 1. The number of hydrogen-bond donors (Lipinski definition) is 0. The molecule has 0 saturated heterocycles. The van der Waals surface area contributed by atoms with Crippen molar-refractivity contribution in [2.75, 3.05) is 4.90 Å². The maximum atomic E-state index is 2.62. The van der Waals surface area contributed by atoms with Gasteiger partial charge in [-0.3, -0.25) is 0 Å². The second kappa shape index (κ2) is 13.9. The Morgan fingerprint density at radius 2 is 0.902 bits per heavy atom. The smallest absolute Gasteiger partial charge is 0.0714 e. The van der Waals surface area contributed by atoms with E-state index in [1.807, 2.05) is 0 Å². The van der Waals surface area contributed by atoms with Crippen LogP contribution in [-0.4, -0.2) is 0 Å². The molecule has 0 aliphatic heterocycles. The summed E-state index contributed by atoms with van der Waals surface area (Å²) >= 11 is 0. The minimum atomic E-state index is -0.529. The zero-order valence-corrected chi connectivity index (χ0v) is 37.8. The number of aryl methyl sites for hydroxylation is 1. The Balaban J connectivity index is 1.39. The van der Waals surface area contributed by atoms with Crippen LogP contribution in [0.3, 0.4) is 0 Å². The molecule has 1 nitrogen and oxygen atoms in total. The minimum Gasteiger partial charge on any atom is -0.310 e. The van der Waals surface area contributed by atoms with Gasteiger partial charge >= 0.3 is 0 Å². The van der Waals surface area contributed by atoms with Gasteiger partial charge in [0.25, 0.3) is 0 Å². The van der Waals surface area contributed by atoms with Crippen molar-refractivity contribution >= 4 is 17.1 Å². The van der Waals surface area contributed by atoms with Gasteiger partial charge in [0, 0.05) is 16.9 Å². The number of anilines is 3. The highest BCUT2D eigenvalue weighted by Gasteiger charge is 2.48. The lowest BCUT2D eigenvalue weighted by molar-refractivity contribution is 0.332. The predicted molar refractivity (Wildman–Crippen MR) is 259 cm³/mol. The lowest BCUT2D eigenvalue weighted by Crippen LogP contribution is -2.35. The molecule has 0 saturated carbocycles. The van der Waals surface area contributed by atoms with Gasteiger partial charge in [-0.2, -0.15) is 0 Å². The molecule has 0 fully saturated rings. The quantitative estimate of drug-likeness (QED) is 0.162. The highest BCUT2D eigenvalue weighted by atomic mass is 15.1. The Kier molecular flexibility index (Phi) is 9.02. The van der Waals surface area contributed by atoms with E-state index in [-0.39, 0.29) is 21.7 Å². The van der Waals surface area contributed by atoms with Crippen molar-refractivity contribution in [3.63, 3.8) is 0 Å². The van der Waals surface area contributed by atoms with E-state index in [0.717, 1.165) is 6.42 Å². The van der Waals surface area contributed by atoms with Crippen molar-refractivity contribution in [3.05, 3.63) is 208 Å². The lowest BCUT2D eigenvalue weighted by atomic mass is 9.61. The van der Waals surface area contributed by atoms with Crippen LogP contribution in [-0.2, 0) is 27.1 Å². The van der Waals surface area contributed by atoms with E-state index in [1.54, 1.807) is 0 Å². The second-order valence-electron chi connectivity index (χ2n) is 21.1. The molecule has 3 aliphatic carbocycles. The fourth-order valence-corrected chi connectivity index (χ4v) is 11.8. The monoisotopic (exact) mass is 795 g/mol. The fourth-order valence-electron chi connectivity index (χ4n) is 11.8. The fraction of sp³-hybridized carbons (Fsp3) is 0.300. The van der Waals surface area contributed by atoms with Crippen molar-refractivity contribution in [2.24, 2.45) is 0 Å². The van der Waals surface area contributed by atoms with Gasteiger partial charge in [-0.15, -0.1) is 0 Å². The first-order valence-electron chi connectivity index (χ1n) is 22.7. The third kappa shape index (κ3) is 6.01. The van der Waals surface area contributed by atoms with Crippen molar-refractivity contribution in [1.29, 1.82) is 0 Å². The molecular weight excluding hydrogens is 735 g/mol. The molecule has 0 amide bonds. The van der Waals surface area contributed by atoms with Crippen LogP contribution >= 0.6 is 0 Å². The Bertz CT molecular complexity index is 2760. The van der Waals surface area contributed by atoms with Crippen LogP contribution in [0.25, 0.3) is 22.3 Å². The summed E-state index contributed by atoms with van der Waals surface area (Å²) in [5.41, 5.74) is 21.1. The summed E-state index contributed by atoms with van der Waals surface area (Å²) in [5.74, 6) is 0. The lowest BCUT2D eigenvalue weighted by Gasteiger charge is -2.44. The molecule has 0 heterocycles. The maximum absolute atomic E-state index is 2.62. The van der Waals surface area contributed by atoms with Crippen LogP contribution in [0.15, 0.2) is 158 Å². The second-order valence-corrected chi connectivity index (χ2v) is 21.1. The summed E-state index contributed by atoms with van der Waals surface area (Å²) in [4.78, 5) is 2.61. The van der Waals surface area contributed by atoms with E-state index < -0.39 is 5.41 Å². The van der Waals surface area contributed by atoms with E-state index in [1.165, 1.54) is 109 Å². The summed E-state index contributed by atoms with van der Waals surface area (Å²) in [6, 6.07) is 60.5. The summed E-state index contributed by atoms with van der Waals surface area (Å²) in [6.07, 6.45) is 4.68. The van der Waals surface area contributed by atoms with E-state index in [4.69, 9.17) is 0 Å². The van der Waals surface area contributed by atoms with Crippen molar-refractivity contribution in [1.82, 2.24) is 0 Å². The number of rotatable bonds is 6. The van der Waals surface area contributed by atoms with E-state index in [2.05, 4.69) is 225 Å². The van der Waals surface area contributed by atoms with Crippen LogP contribution < -0.4 is 4.90 Å². The topological polar surface area (TPSA) is 3.24 Å². The highest BCUT2D eigenvalue weighted by molar-refractivity contribution is 5.98. The molecule has 3 aliphatic rings. The Labute approximate surface area is 365 Å². The Morgan fingerprint density at radius 3 is 1.54 bits per heavy atom. The molecule has 10 rings (SSSR count). The zero-order valence-electron chi connectivity index (χ0n) is 37.8. The molecule has 0 aromatic heterocycles. The van der Waals surface area contributed by atoms with Gasteiger partial charge in [0.05, 0.1) is 11.1 Å². The van der Waals surface area contributed by atoms with Gasteiger partial charge in [-0.25, -0.2) is 0 Å². The van der Waals surface area contributed by atoms with Crippen molar-refractivity contribution in [3.8, 4) is 22.3 Å². The maximum Gasteiger partial charge on any atom is 0.0714 e. The average molecular weight is 796 g/mol. The molecular formula is C60H61N. The molecule has 0 atom stereocenters. The molecule has 0 N–H and O–H groups in total. The van der Waals surface area contributed by atoms with Crippen LogP contribution in [0, 0.1) is 6.92 Å². The van der Waals surface area contributed by atoms with Crippen LogP contribution in [0.1, 0.15) is 131 Å². The molecule has 7 aromatic rings. The summed E-state index contributed by atoms with van der Waals surface area (Å²) in [5, 5.41) is 0. The molecule has 0 radical (unpaired) electrons. The van der Waals surface area contributed by atoms with Crippen LogP contribution in [0.4, 0.5) is 17.1 Å². The molecule has 0 bridgehead atoms. The molecule has 1 heteroatoms. The normalized spacial score (nSPS) is 18.3. The standard InChI is InChI=1S/C60H61N/c1-40-29-31-50-55(59(8,9)36-35-57(50,4)5)54(40)47-38-46-45-27-19-20-28-48(45)60(41-21-13-10-14-22-41,42-23-15-11-16-24-42)51(46)39-53(47)61(43-25-17-12-18-26-43)44-30-32-49-52(37-44)58(6,7)34-33-56(49,2)3/h10-32,37-39H,33-36H2,1-9H3. The SMILES string of the molecule is Cc1ccc2c(c1-c1cc3c(cc1N(c1ccccc1)c1ccc4c(c1)C(C)(C)CCC4(C)C)C(c1ccccc1)(c1ccccc1)c1ccccc1-3)C(C)(C)CCC2(C)C. The Hall–Kier alpha value is -5.66. The summed E-state index contributed by atoms with van der Waals surface area (Å²) in [6.45, 7) is 22.0. The first-order chi connectivity index (χ1) is 29.1. The molecule has 0 unspecified atom stereocenters. The first-order valence-corrected chi connectivity index (χ1v) is 22.7. The largest absolute Gasteiger partial charge is 0.310 e. The van der Waals surface area contributed by atoms with Gasteiger partial charge < -0.3 is 4.90 Å². The third-order valence-electron chi connectivity index (χ3n) is 15.4. The van der Waals surface area contributed by atoms with Crippen molar-refractivity contribution < 1.29 is 0 Å². The minimum absolute atomic E-state index is 0.00274. The van der Waals surface area contributed by atoms with Crippen LogP contribution in [0.2, 0.25) is 0 Å². The zero-order chi connectivity index (χ0) is 42.5. The molecule has 306 valence electrons. The Morgan fingerprint density at radius 1 is 0.377 bits per heavy atom. The average Bonchev–Trinajstić information content (AvgIpc) is 3.55. The van der Waals surface area contributed by atoms with E-state index in [0.29, 0.717) is 0 Å². The highest BCUT2D eigenvalue weighted by Crippen LogP contribution is 2.61. The van der Waals surface area contributed by atoms with Crippen molar-refractivity contribution in [2.45, 2.75) is 115 Å². The summed E-state index contributed by atoms with van der Waals surface area (Å²) in [7, 11) is 0. The van der Waals surface area contributed by atoms with Crippen LogP contribution in [0.5, 0.6) is 0 Å². The van der Waals surface area contributed by atoms with E-state index in [9.17, 15) is 0 Å². The molecule has 7 aromatic carbocycles. The third-order valence-corrected chi connectivity index (χ3v) is 15.4. The van der Waals surface area contributed by atoms with E-state index >= 15 is 0 Å². The summed E-state index contributed by atoms with van der Waals surface area (Å²) < 4.78 is 0. The number of benzene rings is 7. The van der Waals surface area contributed by atoms with Gasteiger partial charge in [-0.05, 0) is 157 Å².